The van der Waals surface area contributed by atoms with Crippen molar-refractivity contribution in [2.45, 2.75) is 32.2 Å². The van der Waals surface area contributed by atoms with Crippen LogP contribution in [0.2, 0.25) is 0 Å². The number of likely N-dealkylation sites (tertiary alicyclic amines) is 1. The molecular formula is C24H30N2O2. The molecule has 28 heavy (non-hydrogen) atoms. The van der Waals surface area contributed by atoms with E-state index in [0.29, 0.717) is 6.04 Å². The predicted octanol–water partition coefficient (Wildman–Crippen LogP) is 4.37. The molecular weight excluding hydrogens is 348 g/mol. The summed E-state index contributed by atoms with van der Waals surface area (Å²) in [5.41, 5.74) is 4.39. The molecule has 1 atom stereocenters. The number of carbonyl (C=O) groups is 1. The third-order valence-electron chi connectivity index (χ3n) is 6.07. The summed E-state index contributed by atoms with van der Waals surface area (Å²) >= 11 is 0. The Morgan fingerprint density at radius 2 is 1.61 bits per heavy atom. The highest BCUT2D eigenvalue weighted by Crippen LogP contribution is 2.26. The van der Waals surface area contributed by atoms with Gasteiger partial charge in [0.2, 0.25) is 0 Å². The zero-order valence-electron chi connectivity index (χ0n) is 16.8. The number of benzene rings is 2. The molecule has 4 rings (SSSR count). The van der Waals surface area contributed by atoms with Gasteiger partial charge in [0.15, 0.2) is 0 Å². The first kappa shape index (κ1) is 19.2. The lowest BCUT2D eigenvalue weighted by Crippen LogP contribution is -2.37. The Hall–Kier alpha value is -2.17. The summed E-state index contributed by atoms with van der Waals surface area (Å²) in [6.45, 7) is 7.65. The first-order chi connectivity index (χ1) is 13.7. The molecule has 148 valence electrons. The standard InChI is InChI=1S/C24H30N2O2/c1-19(25-14-16-28-17-15-25)20-8-10-21(11-9-20)22-6-5-7-23(18-22)24(27)26-12-3-2-4-13-26/h5-11,18-19H,2-4,12-17H2,1H3/t19-/m0/s1. The average molecular weight is 379 g/mol. The quantitative estimate of drug-likeness (QED) is 0.792. The van der Waals surface area contributed by atoms with Crippen LogP contribution in [0.25, 0.3) is 11.1 Å². The maximum atomic E-state index is 12.8. The Bertz CT molecular complexity index is 791. The molecule has 2 saturated heterocycles. The Labute approximate surface area is 168 Å². The van der Waals surface area contributed by atoms with Gasteiger partial charge in [0.05, 0.1) is 13.2 Å². The number of piperidine rings is 1. The number of morpholine rings is 1. The maximum Gasteiger partial charge on any atom is 0.253 e. The first-order valence-electron chi connectivity index (χ1n) is 10.5. The minimum Gasteiger partial charge on any atom is -0.379 e. The van der Waals surface area contributed by atoms with E-state index in [4.69, 9.17) is 4.74 Å². The van der Waals surface area contributed by atoms with E-state index in [2.05, 4.69) is 42.2 Å². The van der Waals surface area contributed by atoms with Crippen LogP contribution in [0.3, 0.4) is 0 Å². The van der Waals surface area contributed by atoms with Crippen molar-refractivity contribution in [1.29, 1.82) is 0 Å². The number of hydrogen-bond donors (Lipinski definition) is 0. The molecule has 2 aliphatic heterocycles. The van der Waals surface area contributed by atoms with E-state index in [1.807, 2.05) is 23.1 Å². The zero-order chi connectivity index (χ0) is 19.3. The van der Waals surface area contributed by atoms with E-state index in [0.717, 1.165) is 68.9 Å². The fraction of sp³-hybridized carbons (Fsp3) is 0.458. The van der Waals surface area contributed by atoms with Gasteiger partial charge in [-0.1, -0.05) is 36.4 Å². The van der Waals surface area contributed by atoms with Crippen molar-refractivity contribution in [3.63, 3.8) is 0 Å². The van der Waals surface area contributed by atoms with Gasteiger partial charge in [-0.05, 0) is 55.0 Å². The zero-order valence-corrected chi connectivity index (χ0v) is 16.8. The average Bonchev–Trinajstić information content (AvgIpc) is 2.79. The molecule has 0 spiro atoms. The molecule has 2 aliphatic rings. The van der Waals surface area contributed by atoms with Crippen LogP contribution >= 0.6 is 0 Å². The highest BCUT2D eigenvalue weighted by molar-refractivity contribution is 5.95. The van der Waals surface area contributed by atoms with Gasteiger partial charge in [0.1, 0.15) is 0 Å². The van der Waals surface area contributed by atoms with Crippen molar-refractivity contribution in [1.82, 2.24) is 9.80 Å². The normalized spacial score (nSPS) is 19.4. The van der Waals surface area contributed by atoms with Crippen LogP contribution in [0.15, 0.2) is 48.5 Å². The number of rotatable bonds is 4. The fourth-order valence-electron chi connectivity index (χ4n) is 4.24. The summed E-state index contributed by atoms with van der Waals surface area (Å²) in [6, 6.07) is 17.2. The third-order valence-corrected chi connectivity index (χ3v) is 6.07. The topological polar surface area (TPSA) is 32.8 Å². The van der Waals surface area contributed by atoms with E-state index < -0.39 is 0 Å². The van der Waals surface area contributed by atoms with Crippen LogP contribution in [0.5, 0.6) is 0 Å². The molecule has 0 N–H and O–H groups in total. The molecule has 0 aliphatic carbocycles. The van der Waals surface area contributed by atoms with Crippen LogP contribution < -0.4 is 0 Å². The van der Waals surface area contributed by atoms with Crippen molar-refractivity contribution in [2.75, 3.05) is 39.4 Å². The van der Waals surface area contributed by atoms with Crippen LogP contribution in [-0.4, -0.2) is 55.1 Å². The lowest BCUT2D eigenvalue weighted by atomic mass is 9.98. The van der Waals surface area contributed by atoms with Gasteiger partial charge in [0.25, 0.3) is 5.91 Å². The van der Waals surface area contributed by atoms with Gasteiger partial charge in [-0.2, -0.15) is 0 Å². The highest BCUT2D eigenvalue weighted by atomic mass is 16.5. The maximum absolute atomic E-state index is 12.8. The summed E-state index contributed by atoms with van der Waals surface area (Å²) in [7, 11) is 0. The second kappa shape index (κ2) is 8.89. The number of hydrogen-bond acceptors (Lipinski definition) is 3. The SMILES string of the molecule is C[C@@H](c1ccc(-c2cccc(C(=O)N3CCCCC3)c2)cc1)N1CCOCC1. The summed E-state index contributed by atoms with van der Waals surface area (Å²) in [5.74, 6) is 0.166. The van der Waals surface area contributed by atoms with Crippen molar-refractivity contribution in [3.05, 3.63) is 59.7 Å². The molecule has 4 heteroatoms. The smallest absolute Gasteiger partial charge is 0.253 e. The van der Waals surface area contributed by atoms with Gasteiger partial charge < -0.3 is 9.64 Å². The summed E-state index contributed by atoms with van der Waals surface area (Å²) in [4.78, 5) is 17.3. The number of amides is 1. The van der Waals surface area contributed by atoms with Crippen molar-refractivity contribution >= 4 is 5.91 Å². The van der Waals surface area contributed by atoms with Gasteiger partial charge in [0, 0.05) is 37.8 Å². The summed E-state index contributed by atoms with van der Waals surface area (Å²) in [5, 5.41) is 0. The van der Waals surface area contributed by atoms with Gasteiger partial charge >= 0.3 is 0 Å². The predicted molar refractivity (Wildman–Crippen MR) is 112 cm³/mol. The Balaban J connectivity index is 1.49. The molecule has 2 aromatic rings. The van der Waals surface area contributed by atoms with E-state index in [1.54, 1.807) is 0 Å². The lowest BCUT2D eigenvalue weighted by molar-refractivity contribution is 0.0198. The second-order valence-electron chi connectivity index (χ2n) is 7.88. The van der Waals surface area contributed by atoms with Gasteiger partial charge in [-0.25, -0.2) is 0 Å². The summed E-state index contributed by atoms with van der Waals surface area (Å²) in [6.07, 6.45) is 3.47. The highest BCUT2D eigenvalue weighted by Gasteiger charge is 2.20. The van der Waals surface area contributed by atoms with Gasteiger partial charge in [-0.15, -0.1) is 0 Å². The van der Waals surface area contributed by atoms with E-state index in [-0.39, 0.29) is 5.91 Å². The molecule has 2 aromatic carbocycles. The van der Waals surface area contributed by atoms with E-state index >= 15 is 0 Å². The monoisotopic (exact) mass is 378 g/mol. The Morgan fingerprint density at radius 3 is 2.32 bits per heavy atom. The molecule has 0 unspecified atom stereocenters. The third kappa shape index (κ3) is 4.29. The van der Waals surface area contributed by atoms with Crippen molar-refractivity contribution in [3.8, 4) is 11.1 Å². The van der Waals surface area contributed by atoms with Crippen molar-refractivity contribution in [2.24, 2.45) is 0 Å². The largest absolute Gasteiger partial charge is 0.379 e. The van der Waals surface area contributed by atoms with Crippen LogP contribution in [0.1, 0.15) is 48.1 Å². The van der Waals surface area contributed by atoms with Crippen molar-refractivity contribution < 1.29 is 9.53 Å². The second-order valence-corrected chi connectivity index (χ2v) is 7.88. The number of carbonyl (C=O) groups excluding carboxylic acids is 1. The van der Waals surface area contributed by atoms with Gasteiger partial charge in [-0.3, -0.25) is 9.69 Å². The molecule has 2 fully saturated rings. The molecule has 0 radical (unpaired) electrons. The fourth-order valence-corrected chi connectivity index (χ4v) is 4.24. The molecule has 0 saturated carbocycles. The van der Waals surface area contributed by atoms with Crippen LogP contribution in [-0.2, 0) is 4.74 Å². The summed E-state index contributed by atoms with van der Waals surface area (Å²) < 4.78 is 5.46. The molecule has 0 bridgehead atoms. The molecule has 2 heterocycles. The molecule has 1 amide bonds. The Morgan fingerprint density at radius 1 is 0.893 bits per heavy atom. The number of nitrogens with zero attached hydrogens (tertiary/aromatic N) is 2. The minimum atomic E-state index is 0.166. The van der Waals surface area contributed by atoms with E-state index in [9.17, 15) is 4.79 Å². The van der Waals surface area contributed by atoms with Crippen LogP contribution in [0.4, 0.5) is 0 Å². The first-order valence-corrected chi connectivity index (χ1v) is 10.5. The number of ether oxygens (including phenoxy) is 1. The van der Waals surface area contributed by atoms with Crippen LogP contribution in [0, 0.1) is 0 Å². The molecule has 0 aromatic heterocycles. The van der Waals surface area contributed by atoms with E-state index in [1.165, 1.54) is 12.0 Å². The Kier molecular flexibility index (Phi) is 6.08. The minimum absolute atomic E-state index is 0.166. The molecule has 4 nitrogen and oxygen atoms in total. The lowest BCUT2D eigenvalue weighted by Gasteiger charge is -2.32.